The first-order valence-corrected chi connectivity index (χ1v) is 7.18. The largest absolute Gasteiger partial charge is 0.455 e. The molecule has 4 nitrogen and oxygen atoms in total. The van der Waals surface area contributed by atoms with Gasteiger partial charge in [-0.1, -0.05) is 6.92 Å². The molecule has 2 rings (SSSR count). The van der Waals surface area contributed by atoms with Crippen LogP contribution in [0.25, 0.3) is 0 Å². The fourth-order valence-electron chi connectivity index (χ4n) is 3.03. The molecule has 0 aromatic rings. The first-order valence-electron chi connectivity index (χ1n) is 7.18. The lowest BCUT2D eigenvalue weighted by molar-refractivity contribution is -0.412. The normalized spacial score (nSPS) is 26.0. The number of nitrogens with one attached hydrogen (secondary N) is 1. The molecule has 0 bridgehead atoms. The van der Waals surface area contributed by atoms with Crippen LogP contribution in [0.15, 0.2) is 0 Å². The summed E-state index contributed by atoms with van der Waals surface area (Å²) in [6.45, 7) is 1.79. The molecule has 2 fully saturated rings. The molecule has 1 aliphatic carbocycles. The predicted octanol–water partition coefficient (Wildman–Crippen LogP) is 2.31. The van der Waals surface area contributed by atoms with E-state index in [2.05, 4.69) is 5.32 Å². The number of halogens is 6. The van der Waals surface area contributed by atoms with E-state index in [0.717, 1.165) is 0 Å². The van der Waals surface area contributed by atoms with Gasteiger partial charge in [-0.15, -0.1) is 0 Å². The van der Waals surface area contributed by atoms with Crippen LogP contribution >= 0.6 is 0 Å². The first-order chi connectivity index (χ1) is 10.4. The Kier molecular flexibility index (Phi) is 4.38. The highest BCUT2D eigenvalue weighted by molar-refractivity contribution is 5.74. The summed E-state index contributed by atoms with van der Waals surface area (Å²) in [5.41, 5.74) is -8.13. The zero-order chi connectivity index (χ0) is 17.7. The Balaban J connectivity index is 2.39. The molecule has 23 heavy (non-hydrogen) atoms. The quantitative estimate of drug-likeness (QED) is 0.464. The van der Waals surface area contributed by atoms with Crippen molar-refractivity contribution in [3.63, 3.8) is 0 Å². The second-order valence-corrected chi connectivity index (χ2v) is 6.13. The van der Waals surface area contributed by atoms with Crippen LogP contribution in [0.4, 0.5) is 26.3 Å². The van der Waals surface area contributed by atoms with Crippen molar-refractivity contribution in [1.82, 2.24) is 5.32 Å². The van der Waals surface area contributed by atoms with E-state index >= 15 is 0 Å². The molecule has 0 spiro atoms. The highest BCUT2D eigenvalue weighted by Crippen LogP contribution is 2.56. The summed E-state index contributed by atoms with van der Waals surface area (Å²) < 4.78 is 83.6. The Labute approximate surface area is 128 Å². The van der Waals surface area contributed by atoms with Crippen LogP contribution in [0.1, 0.15) is 32.6 Å². The molecule has 0 radical (unpaired) electrons. The number of carbonyl (C=O) groups excluding carboxylic acids is 1. The van der Waals surface area contributed by atoms with E-state index in [-0.39, 0.29) is 18.9 Å². The Morgan fingerprint density at radius 3 is 1.96 bits per heavy atom. The van der Waals surface area contributed by atoms with Crippen molar-refractivity contribution >= 4 is 5.97 Å². The van der Waals surface area contributed by atoms with Gasteiger partial charge >= 0.3 is 18.3 Å². The van der Waals surface area contributed by atoms with E-state index in [1.807, 2.05) is 0 Å². The molecule has 134 valence electrons. The second-order valence-electron chi connectivity index (χ2n) is 6.13. The van der Waals surface area contributed by atoms with Crippen LogP contribution in [0, 0.1) is 5.92 Å². The van der Waals surface area contributed by atoms with Gasteiger partial charge in [0, 0.05) is 12.6 Å². The Hall–Kier alpha value is -1.03. The minimum absolute atomic E-state index is 0.00217. The summed E-state index contributed by atoms with van der Waals surface area (Å²) in [5, 5.41) is 12.4. The number of esters is 1. The van der Waals surface area contributed by atoms with Gasteiger partial charge in [0.25, 0.3) is 5.60 Å². The summed E-state index contributed by atoms with van der Waals surface area (Å²) in [5.74, 6) is -2.06. The molecule has 2 N–H and O–H groups in total. The zero-order valence-corrected chi connectivity index (χ0v) is 12.2. The Morgan fingerprint density at radius 2 is 1.61 bits per heavy atom. The molecule has 10 heteroatoms. The molecule has 1 saturated heterocycles. The maximum atomic E-state index is 13.1. The summed E-state index contributed by atoms with van der Waals surface area (Å²) in [4.78, 5) is 12.0. The number of ether oxygens (including phenoxy) is 1. The van der Waals surface area contributed by atoms with Gasteiger partial charge in [0.1, 0.15) is 0 Å². The van der Waals surface area contributed by atoms with Gasteiger partial charge in [0.15, 0.2) is 5.60 Å². The van der Waals surface area contributed by atoms with Gasteiger partial charge in [0.2, 0.25) is 0 Å². The van der Waals surface area contributed by atoms with E-state index in [4.69, 9.17) is 4.74 Å². The third-order valence-electron chi connectivity index (χ3n) is 4.60. The molecular weight excluding hydrogens is 332 g/mol. The number of hydrogen-bond acceptors (Lipinski definition) is 4. The monoisotopic (exact) mass is 349 g/mol. The van der Waals surface area contributed by atoms with E-state index in [0.29, 0.717) is 6.54 Å². The standard InChI is InChI=1S/C13H17F6NO3/c1-7(8-6-20-8)9(21)23-10(4-2-3-5-10)11(22,12(14,15)16)13(17,18)19/h7-8,20,22H,2-6H2,1H3. The van der Waals surface area contributed by atoms with Crippen LogP contribution in [-0.2, 0) is 9.53 Å². The number of hydrogen-bond donors (Lipinski definition) is 2. The van der Waals surface area contributed by atoms with Crippen molar-refractivity contribution in [3.05, 3.63) is 0 Å². The smallest absolute Gasteiger partial charge is 0.430 e. The van der Waals surface area contributed by atoms with Gasteiger partial charge in [0.05, 0.1) is 5.92 Å². The molecule has 1 heterocycles. The van der Waals surface area contributed by atoms with Crippen LogP contribution in [0.5, 0.6) is 0 Å². The molecule has 0 aromatic heterocycles. The Morgan fingerprint density at radius 1 is 1.17 bits per heavy atom. The van der Waals surface area contributed by atoms with E-state index in [1.54, 1.807) is 0 Å². The van der Waals surface area contributed by atoms with Crippen LogP contribution < -0.4 is 5.32 Å². The average Bonchev–Trinajstić information content (AvgIpc) is 3.14. The van der Waals surface area contributed by atoms with E-state index in [9.17, 15) is 36.2 Å². The highest BCUT2D eigenvalue weighted by atomic mass is 19.4. The van der Waals surface area contributed by atoms with Crippen molar-refractivity contribution < 1.29 is 41.0 Å². The maximum Gasteiger partial charge on any atom is 0.430 e. The van der Waals surface area contributed by atoms with Crippen molar-refractivity contribution in [3.8, 4) is 0 Å². The molecule has 0 amide bonds. The number of rotatable bonds is 4. The highest BCUT2D eigenvalue weighted by Gasteiger charge is 2.81. The van der Waals surface area contributed by atoms with Crippen LogP contribution in [0.3, 0.4) is 0 Å². The van der Waals surface area contributed by atoms with Crippen molar-refractivity contribution in [2.45, 2.75) is 62.2 Å². The lowest BCUT2D eigenvalue weighted by atomic mass is 9.79. The topological polar surface area (TPSA) is 68.5 Å². The van der Waals surface area contributed by atoms with Crippen molar-refractivity contribution in [1.29, 1.82) is 0 Å². The summed E-state index contributed by atoms with van der Waals surface area (Å²) >= 11 is 0. The predicted molar refractivity (Wildman–Crippen MR) is 65.3 cm³/mol. The molecule has 2 aliphatic rings. The maximum absolute atomic E-state index is 13.1. The second kappa shape index (κ2) is 5.51. The summed E-state index contributed by atoms with van der Waals surface area (Å²) in [6, 6.07) is -0.328. The SMILES string of the molecule is CC(C(=O)OC1(C(O)(C(F)(F)F)C(F)(F)F)CCCC1)C1CN1. The molecule has 2 unspecified atom stereocenters. The average molecular weight is 349 g/mol. The molecule has 2 atom stereocenters. The molecular formula is C13H17F6NO3. The number of alkyl halides is 6. The number of aliphatic hydroxyl groups is 1. The number of carbonyl (C=O) groups is 1. The fraction of sp³-hybridized carbons (Fsp3) is 0.923. The minimum atomic E-state index is -6.02. The molecule has 1 saturated carbocycles. The van der Waals surface area contributed by atoms with Gasteiger partial charge in [-0.3, -0.25) is 4.79 Å². The third-order valence-corrected chi connectivity index (χ3v) is 4.60. The lowest BCUT2D eigenvalue weighted by Gasteiger charge is -2.45. The van der Waals surface area contributed by atoms with Crippen molar-refractivity contribution in [2.75, 3.05) is 6.54 Å². The zero-order valence-electron chi connectivity index (χ0n) is 12.2. The van der Waals surface area contributed by atoms with Gasteiger partial charge in [-0.2, -0.15) is 26.3 Å². The van der Waals surface area contributed by atoms with Gasteiger partial charge < -0.3 is 15.2 Å². The minimum Gasteiger partial charge on any atom is -0.455 e. The van der Waals surface area contributed by atoms with Gasteiger partial charge in [-0.25, -0.2) is 0 Å². The first kappa shape index (κ1) is 18.3. The summed E-state index contributed by atoms with van der Waals surface area (Å²) in [7, 11) is 0. The van der Waals surface area contributed by atoms with Crippen LogP contribution in [-0.4, -0.2) is 47.2 Å². The Bertz CT molecular complexity index is 451. The summed E-state index contributed by atoms with van der Waals surface area (Å²) in [6.07, 6.45) is -13.4. The van der Waals surface area contributed by atoms with Gasteiger partial charge in [-0.05, 0) is 25.7 Å². The van der Waals surface area contributed by atoms with E-state index in [1.165, 1.54) is 6.92 Å². The molecule has 1 aliphatic heterocycles. The van der Waals surface area contributed by atoms with Crippen molar-refractivity contribution in [2.24, 2.45) is 5.92 Å². The fourth-order valence-corrected chi connectivity index (χ4v) is 3.03. The molecule has 0 aromatic carbocycles. The van der Waals surface area contributed by atoms with E-state index < -0.39 is 48.3 Å². The van der Waals surface area contributed by atoms with Crippen LogP contribution in [0.2, 0.25) is 0 Å². The lowest BCUT2D eigenvalue weighted by Crippen LogP contribution is -2.71. The third kappa shape index (κ3) is 2.90.